The Morgan fingerprint density at radius 2 is 1.72 bits per heavy atom. The fraction of sp³-hybridized carbons (Fsp3) is 0.339. The Morgan fingerprint density at radius 1 is 1.01 bits per heavy atom. The molecule has 1 atom stereocenters. The van der Waals surface area contributed by atoms with Crippen LogP contribution in [-0.2, 0) is 24.8 Å². The largest absolute Gasteiger partial charge is 0.396 e. The van der Waals surface area contributed by atoms with E-state index >= 15 is 0 Å². The number of aryl methyl sites for hydroxylation is 2. The van der Waals surface area contributed by atoms with Crippen LogP contribution in [0.5, 0.6) is 0 Å². The number of aldehydes is 1. The van der Waals surface area contributed by atoms with E-state index in [2.05, 4.69) is 131 Å². The molecule has 5 heterocycles. The first-order valence-electron chi connectivity index (χ1n) is 23.5. The van der Waals surface area contributed by atoms with Gasteiger partial charge >= 0.3 is 0 Å². The molecule has 13 heteroatoms. The molecule has 69 heavy (non-hydrogen) atoms. The smallest absolute Gasteiger partial charge is 0.142 e. The van der Waals surface area contributed by atoms with Crippen LogP contribution in [0.15, 0.2) is 140 Å². The fourth-order valence-corrected chi connectivity index (χ4v) is 6.83. The van der Waals surface area contributed by atoms with Gasteiger partial charge in [-0.05, 0) is 106 Å². The molecule has 1 unspecified atom stereocenters. The van der Waals surface area contributed by atoms with Crippen LogP contribution in [0, 0.1) is 11.8 Å². The predicted octanol–water partition coefficient (Wildman–Crippen LogP) is 12.3. The summed E-state index contributed by atoms with van der Waals surface area (Å²) in [6.07, 6.45) is 26.2. The minimum absolute atomic E-state index is 0.343. The zero-order valence-electron chi connectivity index (χ0n) is 42.8. The molecule has 1 aliphatic heterocycles. The van der Waals surface area contributed by atoms with E-state index in [1.165, 1.54) is 46.6 Å². The van der Waals surface area contributed by atoms with Gasteiger partial charge in [-0.3, -0.25) is 4.79 Å². The van der Waals surface area contributed by atoms with Crippen molar-refractivity contribution >= 4 is 57.2 Å². The van der Waals surface area contributed by atoms with Gasteiger partial charge in [-0.2, -0.15) is 0 Å². The number of nitrogens with two attached hydrogens (primary N) is 2. The number of nitrogen functional groups attached to an aromatic ring is 2. The summed E-state index contributed by atoms with van der Waals surface area (Å²) in [5, 5.41) is 9.89. The zero-order valence-corrected chi connectivity index (χ0v) is 42.8. The van der Waals surface area contributed by atoms with Crippen molar-refractivity contribution in [2.45, 2.75) is 87.6 Å². The second kappa shape index (κ2) is 31.0. The number of aromatic amines is 1. The molecular formula is C56H78FN11O. The molecule has 0 radical (unpaired) electrons. The van der Waals surface area contributed by atoms with Crippen molar-refractivity contribution < 1.29 is 9.18 Å². The molecule has 12 nitrogen and oxygen atoms in total. The minimum Gasteiger partial charge on any atom is -0.396 e. The molecule has 0 amide bonds. The third-order valence-electron chi connectivity index (χ3n) is 11.2. The highest BCUT2D eigenvalue weighted by Crippen LogP contribution is 2.29. The number of allylic oxidation sites excluding steroid dienone is 10. The third kappa shape index (κ3) is 18.1. The van der Waals surface area contributed by atoms with Gasteiger partial charge in [0.25, 0.3) is 0 Å². The molecule has 1 aliphatic carbocycles. The van der Waals surface area contributed by atoms with Crippen LogP contribution in [-0.4, -0.2) is 56.0 Å². The van der Waals surface area contributed by atoms with Crippen molar-refractivity contribution in [2.75, 3.05) is 37.1 Å². The molecular weight excluding hydrogens is 862 g/mol. The number of hydrogen-bond donors (Lipinski definition) is 6. The van der Waals surface area contributed by atoms with E-state index in [-0.39, 0.29) is 6.67 Å². The Morgan fingerprint density at radius 3 is 2.32 bits per heavy atom. The first-order valence-corrected chi connectivity index (χ1v) is 23.5. The number of H-pyrrole nitrogens is 1. The molecule has 0 fully saturated rings. The monoisotopic (exact) mass is 940 g/mol. The standard InChI is InChI=1S/C20H22N6.C15H22FN.C8H8N4.C7H14.C4H6O.C2H6/c1-12-4-6-15-7-5-14(8-17(15)25-12)9-22-13(2)18-20-19(24-11-23-18)16(21)10-26(20)3;1-4-13(10-16)9-15-7-5-6-14(11-17-3)8-12(15)2;1-2-6-8-7(12-4-11-6)5(9)3-10-8;1-5-7(4)6(2)3;1-2-3-4-5;1-2/h5,7-8,10-11,22,25H,1-2,4,6,9,21H2,3H3;4-6,8,17H,7,9-11H2,1-3H3;2-4,10H,1,9H2;5-7H,1H2,2-4H3;2-4H,1H3;1-2H3/b;13-4-;;;3-2+;. The van der Waals surface area contributed by atoms with Gasteiger partial charge in [0.05, 0.1) is 33.8 Å². The van der Waals surface area contributed by atoms with E-state index in [1.807, 2.05) is 57.8 Å². The summed E-state index contributed by atoms with van der Waals surface area (Å²) < 4.78 is 14.6. The first-order chi connectivity index (χ1) is 33.2. The molecule has 4 aromatic heterocycles. The number of alkyl halides is 1. The fourth-order valence-electron chi connectivity index (χ4n) is 6.83. The van der Waals surface area contributed by atoms with Gasteiger partial charge in [0.1, 0.15) is 42.3 Å². The van der Waals surface area contributed by atoms with Gasteiger partial charge in [0.15, 0.2) is 0 Å². The number of aromatic nitrogens is 6. The highest BCUT2D eigenvalue weighted by molar-refractivity contribution is 5.94. The summed E-state index contributed by atoms with van der Waals surface area (Å²) in [5.41, 5.74) is 27.9. The lowest BCUT2D eigenvalue weighted by atomic mass is 9.98. The highest BCUT2D eigenvalue weighted by atomic mass is 19.1. The van der Waals surface area contributed by atoms with Gasteiger partial charge in [-0.25, -0.2) is 24.3 Å². The average molecular weight is 940 g/mol. The molecule has 2 aliphatic rings. The average Bonchev–Trinajstić information content (AvgIpc) is 3.83. The van der Waals surface area contributed by atoms with Crippen LogP contribution in [0.4, 0.5) is 21.5 Å². The van der Waals surface area contributed by atoms with E-state index in [9.17, 15) is 9.18 Å². The highest BCUT2D eigenvalue weighted by Gasteiger charge is 2.15. The second-order valence-corrected chi connectivity index (χ2v) is 16.5. The van der Waals surface area contributed by atoms with Crippen LogP contribution in [0.2, 0.25) is 0 Å². The van der Waals surface area contributed by atoms with E-state index < -0.39 is 0 Å². The number of hydrogen-bond acceptors (Lipinski definition) is 10. The molecule has 1 aromatic carbocycles. The Hall–Kier alpha value is -7.12. The molecule has 370 valence electrons. The van der Waals surface area contributed by atoms with Gasteiger partial charge in [-0.15, -0.1) is 6.58 Å². The maximum Gasteiger partial charge on any atom is 0.142 e. The Kier molecular flexibility index (Phi) is 26.1. The molecule has 7 rings (SSSR count). The summed E-state index contributed by atoms with van der Waals surface area (Å²) in [4.78, 5) is 29.0. The van der Waals surface area contributed by atoms with E-state index in [1.54, 1.807) is 25.3 Å². The summed E-state index contributed by atoms with van der Waals surface area (Å²) in [7, 11) is 3.88. The van der Waals surface area contributed by atoms with Gasteiger partial charge in [-0.1, -0.05) is 114 Å². The summed E-state index contributed by atoms with van der Waals surface area (Å²) in [6.45, 7) is 33.1. The Bertz CT molecular complexity index is 2620. The predicted molar refractivity (Wildman–Crippen MR) is 294 cm³/mol. The quantitative estimate of drug-likeness (QED) is 0.0378. The lowest BCUT2D eigenvalue weighted by molar-refractivity contribution is -0.104. The van der Waals surface area contributed by atoms with Crippen molar-refractivity contribution in [3.05, 3.63) is 163 Å². The Balaban J connectivity index is 0.000000328. The van der Waals surface area contributed by atoms with E-state index in [4.69, 9.17) is 11.5 Å². The van der Waals surface area contributed by atoms with Crippen molar-refractivity contribution in [2.24, 2.45) is 18.9 Å². The van der Waals surface area contributed by atoms with Crippen LogP contribution in [0.25, 0.3) is 33.8 Å². The summed E-state index contributed by atoms with van der Waals surface area (Å²) >= 11 is 0. The molecule has 8 N–H and O–H groups in total. The molecule has 0 saturated carbocycles. The summed E-state index contributed by atoms with van der Waals surface area (Å²) in [6, 6.07) is 6.48. The number of nitrogens with zero attached hydrogens (tertiary/aromatic N) is 5. The van der Waals surface area contributed by atoms with Crippen molar-refractivity contribution in [3.63, 3.8) is 0 Å². The number of likely N-dealkylation sites (N-methyl/N-ethyl adjacent to an activating group) is 1. The maximum atomic E-state index is 12.7. The summed E-state index contributed by atoms with van der Waals surface area (Å²) in [5.74, 6) is 1.41. The van der Waals surface area contributed by atoms with Crippen LogP contribution < -0.4 is 27.4 Å². The lowest BCUT2D eigenvalue weighted by Crippen LogP contribution is -2.14. The molecule has 0 bridgehead atoms. The van der Waals surface area contributed by atoms with Crippen LogP contribution in [0.3, 0.4) is 0 Å². The second-order valence-electron chi connectivity index (χ2n) is 16.5. The number of carbonyl (C=O) groups excluding carboxylic acids is 1. The van der Waals surface area contributed by atoms with Gasteiger partial charge in [0.2, 0.25) is 0 Å². The Labute approximate surface area is 411 Å². The molecule has 5 aromatic rings. The van der Waals surface area contributed by atoms with Gasteiger partial charge < -0.3 is 37.0 Å². The first kappa shape index (κ1) is 58.0. The van der Waals surface area contributed by atoms with Crippen molar-refractivity contribution in [1.29, 1.82) is 0 Å². The van der Waals surface area contributed by atoms with E-state index in [0.717, 1.165) is 101 Å². The lowest BCUT2D eigenvalue weighted by Gasteiger charge is -2.21. The topological polar surface area (TPSA) is 177 Å². The van der Waals surface area contributed by atoms with E-state index in [0.29, 0.717) is 23.8 Å². The normalized spacial score (nSPS) is 13.2. The van der Waals surface area contributed by atoms with Crippen LogP contribution in [0.1, 0.15) is 97.2 Å². The number of benzene rings is 1. The number of fused-ring (bicyclic) bond motifs is 3. The number of rotatable bonds is 13. The maximum absolute atomic E-state index is 12.7. The van der Waals surface area contributed by atoms with Crippen molar-refractivity contribution in [1.82, 2.24) is 40.1 Å². The van der Waals surface area contributed by atoms with Gasteiger partial charge in [0, 0.05) is 43.9 Å². The third-order valence-corrected chi connectivity index (χ3v) is 11.2. The number of nitrogens with one attached hydrogen (secondary N) is 4. The SMILES string of the molecule is C/C=C(\CF)CC1=C(C)C=C(CNC)C=CC1.C/C=C/C=O.C=C1CCc2ccc(CNC(=C)c3ncnc4c(N)cn(C)c34)cc2N1.C=CC(C)C(C)C.C=Cc1ncnc2c(N)c[nH]c12.CC. The number of anilines is 3. The minimum atomic E-state index is -0.343. The molecule has 0 saturated heterocycles. The number of halogens is 1. The van der Waals surface area contributed by atoms with Crippen LogP contribution >= 0.6 is 0 Å². The van der Waals surface area contributed by atoms with Crippen molar-refractivity contribution in [3.8, 4) is 0 Å². The number of carbonyl (C=O) groups is 1. The zero-order chi connectivity index (χ0) is 51.5. The molecule has 0 spiro atoms.